The second-order valence-corrected chi connectivity index (χ2v) is 7.76. The Bertz CT molecular complexity index is 652. The van der Waals surface area contributed by atoms with Crippen molar-refractivity contribution in [3.8, 4) is 0 Å². The van der Waals surface area contributed by atoms with E-state index in [0.717, 1.165) is 37.8 Å². The Hall–Kier alpha value is -1.14. The zero-order valence-electron chi connectivity index (χ0n) is 11.7. The molecule has 1 aliphatic heterocycles. The Morgan fingerprint density at radius 3 is 2.29 bits per heavy atom. The van der Waals surface area contributed by atoms with Gasteiger partial charge >= 0.3 is 0 Å². The number of likely N-dealkylation sites (tertiary alicyclic amines) is 1. The molecule has 0 bridgehead atoms. The van der Waals surface area contributed by atoms with E-state index in [2.05, 4.69) is 0 Å². The number of amides is 1. The van der Waals surface area contributed by atoms with Gasteiger partial charge in [-0.3, -0.25) is 4.79 Å². The average Bonchev–Trinajstić information content (AvgIpc) is 2.68. The van der Waals surface area contributed by atoms with Gasteiger partial charge in [-0.1, -0.05) is 12.8 Å². The monoisotopic (exact) mass is 333 g/mol. The van der Waals surface area contributed by atoms with Crippen molar-refractivity contribution in [1.29, 1.82) is 0 Å². The van der Waals surface area contributed by atoms with Crippen LogP contribution in [0.25, 0.3) is 0 Å². The smallest absolute Gasteiger partial charge is 0.261 e. The highest BCUT2D eigenvalue weighted by molar-refractivity contribution is 8.13. The summed E-state index contributed by atoms with van der Waals surface area (Å²) in [6.07, 6.45) is 3.93. The molecule has 0 radical (unpaired) electrons. The molecule has 1 heterocycles. The minimum atomic E-state index is -4.09. The molecule has 0 saturated carbocycles. The first kappa shape index (κ1) is 16.2. The summed E-state index contributed by atoms with van der Waals surface area (Å²) in [7, 11) is 1.22. The number of carbonyl (C=O) groups is 1. The average molecular weight is 334 g/mol. The van der Waals surface area contributed by atoms with E-state index in [-0.39, 0.29) is 21.9 Å². The van der Waals surface area contributed by atoms with E-state index in [1.807, 2.05) is 0 Å². The molecule has 0 N–H and O–H groups in total. The van der Waals surface area contributed by atoms with E-state index >= 15 is 0 Å². The van der Waals surface area contributed by atoms with Gasteiger partial charge in [0, 0.05) is 34.9 Å². The first-order valence-corrected chi connectivity index (χ1v) is 9.15. The molecule has 1 fully saturated rings. The summed E-state index contributed by atoms with van der Waals surface area (Å²) in [5, 5.41) is 0. The molecule has 21 heavy (non-hydrogen) atoms. The molecule has 1 aromatic rings. The minimum Gasteiger partial charge on any atom is -0.339 e. The summed E-state index contributed by atoms with van der Waals surface area (Å²) in [6.45, 7) is 2.54. The lowest BCUT2D eigenvalue weighted by atomic mass is 10.1. The number of nitrogens with zero attached hydrogens (tertiary/aromatic N) is 1. The fraction of sp³-hybridized carbons (Fsp3) is 0.500. The summed E-state index contributed by atoms with van der Waals surface area (Å²) in [6, 6.07) is 2.24. The van der Waals surface area contributed by atoms with Crippen molar-refractivity contribution in [1.82, 2.24) is 4.90 Å². The number of carbonyl (C=O) groups excluding carboxylic acids is 1. The summed E-state index contributed by atoms with van der Waals surface area (Å²) in [4.78, 5) is 13.7. The van der Waals surface area contributed by atoms with Gasteiger partial charge in [0.15, 0.2) is 0 Å². The van der Waals surface area contributed by atoms with E-state index in [9.17, 15) is 17.6 Å². The third kappa shape index (κ3) is 3.74. The Balaban J connectivity index is 2.39. The summed E-state index contributed by atoms with van der Waals surface area (Å²) < 4.78 is 36.9. The van der Waals surface area contributed by atoms with Crippen LogP contribution in [0.3, 0.4) is 0 Å². The molecule has 7 heteroatoms. The molecular weight excluding hydrogens is 317 g/mol. The third-order valence-electron chi connectivity index (χ3n) is 3.70. The molecule has 1 aliphatic rings. The predicted octanol–water partition coefficient (Wildman–Crippen LogP) is 3.08. The van der Waals surface area contributed by atoms with Crippen LogP contribution in [0.15, 0.2) is 17.0 Å². The maximum atomic E-state index is 13.9. The van der Waals surface area contributed by atoms with Crippen molar-refractivity contribution < 1.29 is 17.6 Å². The van der Waals surface area contributed by atoms with Crippen LogP contribution in [0.2, 0.25) is 0 Å². The molecule has 2 rings (SSSR count). The largest absolute Gasteiger partial charge is 0.339 e. The van der Waals surface area contributed by atoms with Crippen LogP contribution in [0.1, 0.15) is 41.6 Å². The van der Waals surface area contributed by atoms with Gasteiger partial charge in [-0.25, -0.2) is 12.8 Å². The second-order valence-electron chi connectivity index (χ2n) is 5.23. The van der Waals surface area contributed by atoms with Crippen LogP contribution < -0.4 is 0 Å². The summed E-state index contributed by atoms with van der Waals surface area (Å²) in [5.74, 6) is -1.09. The maximum Gasteiger partial charge on any atom is 0.261 e. The van der Waals surface area contributed by atoms with Gasteiger partial charge < -0.3 is 4.90 Å². The van der Waals surface area contributed by atoms with Gasteiger partial charge in [-0.2, -0.15) is 0 Å². The zero-order valence-corrected chi connectivity index (χ0v) is 13.3. The molecule has 4 nitrogen and oxygen atoms in total. The van der Waals surface area contributed by atoms with Crippen LogP contribution in [0.5, 0.6) is 0 Å². The molecular formula is C14H17ClFNO3S. The van der Waals surface area contributed by atoms with Gasteiger partial charge in [0.05, 0.1) is 4.90 Å². The number of benzene rings is 1. The summed E-state index contributed by atoms with van der Waals surface area (Å²) >= 11 is 0. The molecule has 0 aliphatic carbocycles. The van der Waals surface area contributed by atoms with Gasteiger partial charge in [-0.05, 0) is 31.9 Å². The second kappa shape index (κ2) is 6.32. The van der Waals surface area contributed by atoms with Crippen LogP contribution in [-0.4, -0.2) is 32.3 Å². The van der Waals surface area contributed by atoms with E-state index in [1.54, 1.807) is 4.90 Å². The van der Waals surface area contributed by atoms with Gasteiger partial charge in [0.25, 0.3) is 15.0 Å². The van der Waals surface area contributed by atoms with E-state index in [1.165, 1.54) is 6.92 Å². The minimum absolute atomic E-state index is 0.0271. The number of halogens is 2. The van der Waals surface area contributed by atoms with Crippen molar-refractivity contribution in [3.05, 3.63) is 29.1 Å². The molecule has 1 saturated heterocycles. The molecule has 116 valence electrons. The fourth-order valence-corrected chi connectivity index (χ4v) is 3.70. The Kier molecular flexibility index (Phi) is 4.88. The normalized spacial score (nSPS) is 16.6. The number of hydrogen-bond donors (Lipinski definition) is 0. The van der Waals surface area contributed by atoms with Crippen LogP contribution in [0.4, 0.5) is 4.39 Å². The quantitative estimate of drug-likeness (QED) is 0.781. The van der Waals surface area contributed by atoms with Crippen molar-refractivity contribution >= 4 is 25.6 Å². The van der Waals surface area contributed by atoms with Crippen molar-refractivity contribution in [3.63, 3.8) is 0 Å². The first-order valence-electron chi connectivity index (χ1n) is 6.85. The molecule has 0 atom stereocenters. The zero-order chi connectivity index (χ0) is 15.6. The van der Waals surface area contributed by atoms with E-state index in [4.69, 9.17) is 10.7 Å². The van der Waals surface area contributed by atoms with Crippen molar-refractivity contribution in [2.45, 2.75) is 37.5 Å². The Morgan fingerprint density at radius 1 is 1.19 bits per heavy atom. The molecule has 1 amide bonds. The topological polar surface area (TPSA) is 54.5 Å². The SMILES string of the molecule is Cc1c(F)cc(C(=O)N2CCCCCC2)cc1S(=O)(=O)Cl. The summed E-state index contributed by atoms with van der Waals surface area (Å²) in [5.41, 5.74) is -0.0448. The fourth-order valence-electron chi connectivity index (χ4n) is 2.49. The highest BCUT2D eigenvalue weighted by Gasteiger charge is 2.23. The van der Waals surface area contributed by atoms with Crippen molar-refractivity contribution in [2.75, 3.05) is 13.1 Å². The lowest BCUT2D eigenvalue weighted by molar-refractivity contribution is 0.0761. The van der Waals surface area contributed by atoms with Crippen LogP contribution in [0, 0.1) is 12.7 Å². The maximum absolute atomic E-state index is 13.9. The van der Waals surface area contributed by atoms with Gasteiger partial charge in [0.2, 0.25) is 0 Å². The van der Waals surface area contributed by atoms with E-state index in [0.29, 0.717) is 13.1 Å². The van der Waals surface area contributed by atoms with Crippen LogP contribution >= 0.6 is 10.7 Å². The molecule has 0 spiro atoms. The van der Waals surface area contributed by atoms with E-state index < -0.39 is 14.9 Å². The van der Waals surface area contributed by atoms with Gasteiger partial charge in [-0.15, -0.1) is 0 Å². The highest BCUT2D eigenvalue weighted by Crippen LogP contribution is 2.25. The predicted molar refractivity (Wildman–Crippen MR) is 78.5 cm³/mol. The van der Waals surface area contributed by atoms with Crippen molar-refractivity contribution in [2.24, 2.45) is 0 Å². The lowest BCUT2D eigenvalue weighted by Crippen LogP contribution is -2.32. The molecule has 0 unspecified atom stereocenters. The Morgan fingerprint density at radius 2 is 1.76 bits per heavy atom. The standard InChI is InChI=1S/C14H17ClFNO3S/c1-10-12(16)8-11(9-13(10)21(15,19)20)14(18)17-6-4-2-3-5-7-17/h8-9H,2-7H2,1H3. The van der Waals surface area contributed by atoms with Crippen LogP contribution in [-0.2, 0) is 9.05 Å². The molecule has 1 aromatic carbocycles. The lowest BCUT2D eigenvalue weighted by Gasteiger charge is -2.20. The third-order valence-corrected chi connectivity index (χ3v) is 5.15. The Labute approximate surface area is 128 Å². The number of rotatable bonds is 2. The molecule has 0 aromatic heterocycles. The highest BCUT2D eigenvalue weighted by atomic mass is 35.7. The number of hydrogen-bond acceptors (Lipinski definition) is 3. The first-order chi connectivity index (χ1) is 9.80. The van der Waals surface area contributed by atoms with Gasteiger partial charge in [0.1, 0.15) is 5.82 Å².